The summed E-state index contributed by atoms with van der Waals surface area (Å²) >= 11 is 1.39. The highest BCUT2D eigenvalue weighted by atomic mass is 32.1. The molecule has 0 unspecified atom stereocenters. The van der Waals surface area contributed by atoms with Gasteiger partial charge in [-0.25, -0.2) is 9.37 Å². The summed E-state index contributed by atoms with van der Waals surface area (Å²) in [5.74, 6) is -0.442. The molecule has 0 aliphatic carbocycles. The second kappa shape index (κ2) is 7.57. The van der Waals surface area contributed by atoms with Gasteiger partial charge in [-0.15, -0.1) is 11.3 Å². The van der Waals surface area contributed by atoms with Gasteiger partial charge in [-0.05, 0) is 36.6 Å². The molecule has 0 radical (unpaired) electrons. The topological polar surface area (TPSA) is 42.0 Å². The molecule has 1 N–H and O–H groups in total. The molecule has 2 aromatic carbocycles. The summed E-state index contributed by atoms with van der Waals surface area (Å²) in [6.07, 6.45) is 0.994. The first-order chi connectivity index (χ1) is 12.1. The summed E-state index contributed by atoms with van der Waals surface area (Å²) < 4.78 is 12.9. The third-order valence-electron chi connectivity index (χ3n) is 3.98. The van der Waals surface area contributed by atoms with Gasteiger partial charge in [0.15, 0.2) is 0 Å². The quantitative estimate of drug-likeness (QED) is 0.718. The Morgan fingerprint density at radius 3 is 2.36 bits per heavy atom. The fourth-order valence-electron chi connectivity index (χ4n) is 2.48. The molecule has 1 heterocycles. The van der Waals surface area contributed by atoms with Crippen LogP contribution in [0.25, 0.3) is 10.6 Å². The van der Waals surface area contributed by atoms with Gasteiger partial charge >= 0.3 is 0 Å². The molecular weight excluding hydrogens is 335 g/mol. The van der Waals surface area contributed by atoms with Crippen molar-refractivity contribution in [1.82, 2.24) is 10.3 Å². The molecule has 5 heteroatoms. The van der Waals surface area contributed by atoms with Crippen LogP contribution in [0.15, 0.2) is 48.5 Å². The van der Waals surface area contributed by atoms with Gasteiger partial charge in [-0.3, -0.25) is 4.79 Å². The first-order valence-corrected chi connectivity index (χ1v) is 8.98. The van der Waals surface area contributed by atoms with Gasteiger partial charge in [0.05, 0.1) is 5.69 Å². The second-order valence-electron chi connectivity index (χ2n) is 5.79. The molecule has 3 aromatic rings. The van der Waals surface area contributed by atoms with Gasteiger partial charge in [0.2, 0.25) is 0 Å². The largest absolute Gasteiger partial charge is 0.347 e. The number of carbonyl (C=O) groups is 1. The van der Waals surface area contributed by atoms with Gasteiger partial charge < -0.3 is 5.32 Å². The summed E-state index contributed by atoms with van der Waals surface area (Å²) in [6, 6.07) is 14.3. The predicted octanol–water partition coefficient (Wildman–Crippen LogP) is 4.75. The van der Waals surface area contributed by atoms with E-state index in [0.29, 0.717) is 11.4 Å². The lowest BCUT2D eigenvalue weighted by Crippen LogP contribution is -2.22. The van der Waals surface area contributed by atoms with Crippen molar-refractivity contribution in [3.8, 4) is 10.6 Å². The van der Waals surface area contributed by atoms with Crippen molar-refractivity contribution in [2.24, 2.45) is 0 Å². The van der Waals surface area contributed by atoms with Crippen LogP contribution in [-0.4, -0.2) is 10.9 Å². The first-order valence-electron chi connectivity index (χ1n) is 8.16. The van der Waals surface area contributed by atoms with E-state index in [1.54, 1.807) is 12.1 Å². The molecule has 0 aliphatic rings. The first kappa shape index (κ1) is 17.3. The van der Waals surface area contributed by atoms with E-state index in [4.69, 9.17) is 0 Å². The van der Waals surface area contributed by atoms with Crippen LogP contribution >= 0.6 is 11.3 Å². The molecule has 0 atom stereocenters. The molecule has 1 amide bonds. The average Bonchev–Trinajstić information content (AvgIpc) is 3.03. The number of rotatable bonds is 5. The fourth-order valence-corrected chi connectivity index (χ4v) is 3.47. The molecule has 3 nitrogen and oxygen atoms in total. The smallest absolute Gasteiger partial charge is 0.263 e. The number of nitrogens with zero attached hydrogens (tertiary/aromatic N) is 1. The second-order valence-corrected chi connectivity index (χ2v) is 6.79. The highest BCUT2D eigenvalue weighted by Gasteiger charge is 2.16. The number of carbonyl (C=O) groups excluding carboxylic acids is 1. The van der Waals surface area contributed by atoms with Crippen LogP contribution in [0.2, 0.25) is 0 Å². The SMILES string of the molecule is CCc1ccc(-c2nc(C)c(C(=O)NCc3ccc(F)cc3)s2)cc1. The van der Waals surface area contributed by atoms with Crippen molar-refractivity contribution in [1.29, 1.82) is 0 Å². The fraction of sp³-hybridized carbons (Fsp3) is 0.200. The number of hydrogen-bond donors (Lipinski definition) is 1. The zero-order valence-corrected chi connectivity index (χ0v) is 15.0. The lowest BCUT2D eigenvalue weighted by molar-refractivity contribution is 0.0954. The molecule has 0 fully saturated rings. The number of halogens is 1. The zero-order valence-electron chi connectivity index (χ0n) is 14.2. The molecule has 3 rings (SSSR count). The van der Waals surface area contributed by atoms with E-state index >= 15 is 0 Å². The van der Waals surface area contributed by atoms with E-state index in [9.17, 15) is 9.18 Å². The third kappa shape index (κ3) is 4.12. The molecule has 0 aliphatic heterocycles. The maximum absolute atomic E-state index is 12.9. The Bertz CT molecular complexity index is 870. The number of aromatic nitrogens is 1. The minimum atomic E-state index is -0.285. The standard InChI is InChI=1S/C20H19FN2OS/c1-3-14-4-8-16(9-5-14)20-23-13(2)18(25-20)19(24)22-12-15-6-10-17(21)11-7-15/h4-11H,3,12H2,1-2H3,(H,22,24). The minimum Gasteiger partial charge on any atom is -0.347 e. The van der Waals surface area contributed by atoms with E-state index in [-0.39, 0.29) is 11.7 Å². The molecule has 0 spiro atoms. The van der Waals surface area contributed by atoms with Crippen molar-refractivity contribution in [2.75, 3.05) is 0 Å². The van der Waals surface area contributed by atoms with Gasteiger partial charge in [0.25, 0.3) is 5.91 Å². The number of thiazole rings is 1. The van der Waals surface area contributed by atoms with Gasteiger partial charge in [-0.2, -0.15) is 0 Å². The van der Waals surface area contributed by atoms with Crippen molar-refractivity contribution >= 4 is 17.2 Å². The average molecular weight is 354 g/mol. The summed E-state index contributed by atoms with van der Waals surface area (Å²) in [4.78, 5) is 17.6. The summed E-state index contributed by atoms with van der Waals surface area (Å²) in [5.41, 5.74) is 3.86. The van der Waals surface area contributed by atoms with E-state index in [1.807, 2.05) is 19.1 Å². The number of benzene rings is 2. The summed E-state index contributed by atoms with van der Waals surface area (Å²) in [7, 11) is 0. The zero-order chi connectivity index (χ0) is 17.8. The van der Waals surface area contributed by atoms with Gasteiger partial charge in [0.1, 0.15) is 15.7 Å². The molecule has 1 aromatic heterocycles. The highest BCUT2D eigenvalue weighted by Crippen LogP contribution is 2.28. The van der Waals surface area contributed by atoms with Crippen LogP contribution in [0.1, 0.15) is 33.4 Å². The van der Waals surface area contributed by atoms with E-state index < -0.39 is 0 Å². The molecule has 0 saturated carbocycles. The molecule has 0 saturated heterocycles. The number of amides is 1. The van der Waals surface area contributed by atoms with Crippen LogP contribution in [0.5, 0.6) is 0 Å². The van der Waals surface area contributed by atoms with E-state index in [0.717, 1.165) is 28.2 Å². The summed E-state index contributed by atoms with van der Waals surface area (Å²) in [5, 5.41) is 3.71. The highest BCUT2D eigenvalue weighted by molar-refractivity contribution is 7.17. The van der Waals surface area contributed by atoms with Crippen LogP contribution in [0.4, 0.5) is 4.39 Å². The van der Waals surface area contributed by atoms with Crippen LogP contribution in [0, 0.1) is 12.7 Å². The van der Waals surface area contributed by atoms with E-state index in [2.05, 4.69) is 29.4 Å². The third-order valence-corrected chi connectivity index (χ3v) is 5.18. The molecule has 25 heavy (non-hydrogen) atoms. The normalized spacial score (nSPS) is 10.7. The van der Waals surface area contributed by atoms with Crippen molar-refractivity contribution in [3.05, 3.63) is 76.0 Å². The van der Waals surface area contributed by atoms with Crippen LogP contribution < -0.4 is 5.32 Å². The maximum Gasteiger partial charge on any atom is 0.263 e. The lowest BCUT2D eigenvalue weighted by Gasteiger charge is -2.04. The number of hydrogen-bond acceptors (Lipinski definition) is 3. The lowest BCUT2D eigenvalue weighted by atomic mass is 10.1. The monoisotopic (exact) mass is 354 g/mol. The molecule has 128 valence electrons. The van der Waals surface area contributed by atoms with Crippen molar-refractivity contribution in [3.63, 3.8) is 0 Å². The van der Waals surface area contributed by atoms with Gasteiger partial charge in [0, 0.05) is 12.1 Å². The van der Waals surface area contributed by atoms with Crippen molar-refractivity contribution < 1.29 is 9.18 Å². The number of nitrogens with one attached hydrogen (secondary N) is 1. The Labute approximate surface area is 150 Å². The Hall–Kier alpha value is -2.53. The van der Waals surface area contributed by atoms with Crippen molar-refractivity contribution in [2.45, 2.75) is 26.8 Å². The minimum absolute atomic E-state index is 0.157. The van der Waals surface area contributed by atoms with Gasteiger partial charge in [-0.1, -0.05) is 43.3 Å². The Morgan fingerprint density at radius 2 is 1.72 bits per heavy atom. The Kier molecular flexibility index (Phi) is 5.24. The molecular formula is C20H19FN2OS. The maximum atomic E-state index is 12.9. The van der Waals surface area contributed by atoms with Crippen LogP contribution in [-0.2, 0) is 13.0 Å². The molecule has 0 bridgehead atoms. The number of aryl methyl sites for hydroxylation is 2. The summed E-state index contributed by atoms with van der Waals surface area (Å²) in [6.45, 7) is 4.32. The predicted molar refractivity (Wildman–Crippen MR) is 99.2 cm³/mol. The Balaban J connectivity index is 1.72. The van der Waals surface area contributed by atoms with Crippen LogP contribution in [0.3, 0.4) is 0 Å². The Morgan fingerprint density at radius 1 is 1.08 bits per heavy atom. The van der Waals surface area contributed by atoms with E-state index in [1.165, 1.54) is 29.0 Å².